The van der Waals surface area contributed by atoms with E-state index in [1.807, 2.05) is 0 Å². The highest BCUT2D eigenvalue weighted by Gasteiger charge is 2.31. The van der Waals surface area contributed by atoms with Crippen LogP contribution in [0.2, 0.25) is 5.02 Å². The Morgan fingerprint density at radius 2 is 2.10 bits per heavy atom. The van der Waals surface area contributed by atoms with E-state index in [0.29, 0.717) is 0 Å². The Balaban J connectivity index is 2.27. The molecule has 5 nitrogen and oxygen atoms in total. The first-order chi connectivity index (χ1) is 9.70. The summed E-state index contributed by atoms with van der Waals surface area (Å²) in [5.74, 6) is -0.617. The van der Waals surface area contributed by atoms with Crippen LogP contribution in [-0.4, -0.2) is 15.7 Å². The Morgan fingerprint density at radius 3 is 2.57 bits per heavy atom. The maximum atomic E-state index is 12.5. The fourth-order valence-electron chi connectivity index (χ4n) is 1.71. The quantitative estimate of drug-likeness (QED) is 0.894. The van der Waals surface area contributed by atoms with Gasteiger partial charge in [0.15, 0.2) is 0 Å². The number of nitrogens with zero attached hydrogens (tertiary/aromatic N) is 2. The van der Waals surface area contributed by atoms with Crippen LogP contribution in [0.1, 0.15) is 16.1 Å². The van der Waals surface area contributed by atoms with Gasteiger partial charge in [-0.2, -0.15) is 18.3 Å². The second-order valence-corrected chi connectivity index (χ2v) is 4.63. The van der Waals surface area contributed by atoms with Crippen LogP contribution in [0.15, 0.2) is 24.4 Å². The molecule has 2 aromatic rings. The average molecular weight is 319 g/mol. The molecule has 9 heteroatoms. The highest BCUT2D eigenvalue weighted by Crippen LogP contribution is 2.33. The molecule has 21 heavy (non-hydrogen) atoms. The lowest BCUT2D eigenvalue weighted by Crippen LogP contribution is -2.18. The van der Waals surface area contributed by atoms with Crippen LogP contribution in [0.3, 0.4) is 0 Å². The van der Waals surface area contributed by atoms with Gasteiger partial charge in [0.05, 0.1) is 28.2 Å². The zero-order chi connectivity index (χ0) is 15.8. The molecule has 0 saturated heterocycles. The molecular formula is C12H10ClF3N4O. The molecule has 112 valence electrons. The Labute approximate surface area is 122 Å². The van der Waals surface area contributed by atoms with Crippen molar-refractivity contribution in [2.75, 3.05) is 11.1 Å². The largest absolute Gasteiger partial charge is 0.416 e. The summed E-state index contributed by atoms with van der Waals surface area (Å²) in [5.41, 5.74) is 4.98. The fraction of sp³-hybridized carbons (Fsp3) is 0.167. The molecule has 0 unspecified atom stereocenters. The summed E-state index contributed by atoms with van der Waals surface area (Å²) in [5, 5.41) is 5.97. The molecule has 2 rings (SSSR count). The number of alkyl halides is 3. The number of nitrogens with one attached hydrogen (secondary N) is 1. The lowest BCUT2D eigenvalue weighted by molar-refractivity contribution is -0.137. The second-order valence-electron chi connectivity index (χ2n) is 4.22. The number of benzene rings is 1. The number of hydrogen-bond donors (Lipinski definition) is 2. The van der Waals surface area contributed by atoms with Crippen LogP contribution in [0.4, 0.5) is 24.5 Å². The minimum Gasteiger partial charge on any atom is -0.396 e. The molecule has 0 aliphatic heterocycles. The van der Waals surface area contributed by atoms with Crippen molar-refractivity contribution in [3.05, 3.63) is 40.7 Å². The molecule has 0 aliphatic carbocycles. The van der Waals surface area contributed by atoms with E-state index < -0.39 is 17.6 Å². The molecule has 0 spiro atoms. The van der Waals surface area contributed by atoms with Gasteiger partial charge in [0.25, 0.3) is 5.91 Å². The van der Waals surface area contributed by atoms with Crippen molar-refractivity contribution >= 4 is 28.9 Å². The fourth-order valence-corrected chi connectivity index (χ4v) is 1.93. The SMILES string of the molecule is Cn1ncc(N)c1C(=O)Nc1ccc(C(F)(F)F)cc1Cl. The van der Waals surface area contributed by atoms with Gasteiger partial charge >= 0.3 is 6.18 Å². The standard InChI is InChI=1S/C12H10ClF3N4O/c1-20-10(8(17)5-18-20)11(21)19-9-3-2-6(4-7(9)13)12(14,15)16/h2-5H,17H2,1H3,(H,19,21). The predicted molar refractivity (Wildman–Crippen MR) is 72.0 cm³/mol. The summed E-state index contributed by atoms with van der Waals surface area (Å²) in [6.07, 6.45) is -3.21. The summed E-state index contributed by atoms with van der Waals surface area (Å²) >= 11 is 5.75. The van der Waals surface area contributed by atoms with Crippen LogP contribution >= 0.6 is 11.6 Å². The maximum absolute atomic E-state index is 12.5. The summed E-state index contributed by atoms with van der Waals surface area (Å²) < 4.78 is 38.8. The number of rotatable bonds is 2. The molecular weight excluding hydrogens is 309 g/mol. The Bertz CT molecular complexity index is 677. The third-order valence-corrected chi connectivity index (χ3v) is 3.04. The van der Waals surface area contributed by atoms with E-state index in [-0.39, 0.29) is 22.1 Å². The highest BCUT2D eigenvalue weighted by atomic mass is 35.5. The first-order valence-corrected chi connectivity index (χ1v) is 6.03. The van der Waals surface area contributed by atoms with E-state index in [2.05, 4.69) is 10.4 Å². The van der Waals surface area contributed by atoms with Crippen LogP contribution in [0.5, 0.6) is 0 Å². The molecule has 1 aromatic carbocycles. The first-order valence-electron chi connectivity index (χ1n) is 5.65. The lowest BCUT2D eigenvalue weighted by atomic mass is 10.2. The molecule has 3 N–H and O–H groups in total. The monoisotopic (exact) mass is 318 g/mol. The van der Waals surface area contributed by atoms with Crippen molar-refractivity contribution in [1.82, 2.24) is 9.78 Å². The van der Waals surface area contributed by atoms with E-state index in [1.165, 1.54) is 17.9 Å². The third-order valence-electron chi connectivity index (χ3n) is 2.73. The third kappa shape index (κ3) is 3.10. The minimum absolute atomic E-state index is 0.0512. The number of nitrogens with two attached hydrogens (primary N) is 1. The van der Waals surface area contributed by atoms with Gasteiger partial charge in [-0.25, -0.2) is 0 Å². The van der Waals surface area contributed by atoms with Crippen LogP contribution < -0.4 is 11.1 Å². The van der Waals surface area contributed by atoms with E-state index in [1.54, 1.807) is 0 Å². The second kappa shape index (κ2) is 5.28. The molecule has 0 atom stereocenters. The van der Waals surface area contributed by atoms with Crippen molar-refractivity contribution in [1.29, 1.82) is 0 Å². The smallest absolute Gasteiger partial charge is 0.396 e. The molecule has 1 aromatic heterocycles. The molecule has 0 radical (unpaired) electrons. The summed E-state index contributed by atoms with van der Waals surface area (Å²) in [6, 6.07) is 2.65. The van der Waals surface area contributed by atoms with Gasteiger partial charge in [0.1, 0.15) is 5.69 Å². The number of anilines is 2. The molecule has 0 aliphatic rings. The van der Waals surface area contributed by atoms with E-state index in [9.17, 15) is 18.0 Å². The number of amides is 1. The first kappa shape index (κ1) is 15.2. The molecule has 0 bridgehead atoms. The lowest BCUT2D eigenvalue weighted by Gasteiger charge is -2.11. The Kier molecular flexibility index (Phi) is 3.82. The van der Waals surface area contributed by atoms with E-state index >= 15 is 0 Å². The van der Waals surface area contributed by atoms with Crippen molar-refractivity contribution in [3.8, 4) is 0 Å². The topological polar surface area (TPSA) is 72.9 Å². The number of carbonyl (C=O) groups excluding carboxylic acids is 1. The number of halogens is 4. The number of aryl methyl sites for hydroxylation is 1. The minimum atomic E-state index is -4.50. The van der Waals surface area contributed by atoms with E-state index in [4.69, 9.17) is 17.3 Å². The summed E-state index contributed by atoms with van der Waals surface area (Å²) in [4.78, 5) is 12.0. The van der Waals surface area contributed by atoms with Crippen molar-refractivity contribution in [2.45, 2.75) is 6.18 Å². The van der Waals surface area contributed by atoms with Gasteiger partial charge in [0.2, 0.25) is 0 Å². The number of aromatic nitrogens is 2. The zero-order valence-electron chi connectivity index (χ0n) is 10.7. The molecule has 0 fully saturated rings. The predicted octanol–water partition coefficient (Wildman–Crippen LogP) is 2.93. The van der Waals surface area contributed by atoms with Gasteiger partial charge in [0, 0.05) is 7.05 Å². The average Bonchev–Trinajstić information content (AvgIpc) is 2.70. The van der Waals surface area contributed by atoms with Crippen molar-refractivity contribution in [2.24, 2.45) is 7.05 Å². The molecule has 0 saturated carbocycles. The zero-order valence-corrected chi connectivity index (χ0v) is 11.5. The number of carbonyl (C=O) groups is 1. The maximum Gasteiger partial charge on any atom is 0.416 e. The van der Waals surface area contributed by atoms with Gasteiger partial charge in [-0.05, 0) is 18.2 Å². The van der Waals surface area contributed by atoms with Gasteiger partial charge in [-0.15, -0.1) is 0 Å². The number of hydrogen-bond acceptors (Lipinski definition) is 3. The Morgan fingerprint density at radius 1 is 1.43 bits per heavy atom. The summed E-state index contributed by atoms with van der Waals surface area (Å²) in [6.45, 7) is 0. The van der Waals surface area contributed by atoms with Crippen molar-refractivity contribution < 1.29 is 18.0 Å². The van der Waals surface area contributed by atoms with E-state index in [0.717, 1.165) is 18.2 Å². The normalized spacial score (nSPS) is 11.5. The van der Waals surface area contributed by atoms with Gasteiger partial charge < -0.3 is 11.1 Å². The summed E-state index contributed by atoms with van der Waals surface area (Å²) in [7, 11) is 1.51. The van der Waals surface area contributed by atoms with Crippen LogP contribution in [0, 0.1) is 0 Å². The van der Waals surface area contributed by atoms with Crippen LogP contribution in [0.25, 0.3) is 0 Å². The van der Waals surface area contributed by atoms with Crippen molar-refractivity contribution in [3.63, 3.8) is 0 Å². The van der Waals surface area contributed by atoms with Gasteiger partial charge in [-0.1, -0.05) is 11.6 Å². The molecule has 1 heterocycles. The molecule has 1 amide bonds. The van der Waals surface area contributed by atoms with Gasteiger partial charge in [-0.3, -0.25) is 9.48 Å². The number of nitrogen functional groups attached to an aromatic ring is 1. The Hall–Kier alpha value is -2.22. The highest BCUT2D eigenvalue weighted by molar-refractivity contribution is 6.34. The van der Waals surface area contributed by atoms with Crippen LogP contribution in [-0.2, 0) is 13.2 Å².